The van der Waals surface area contributed by atoms with Crippen molar-refractivity contribution in [3.63, 3.8) is 0 Å². The normalized spacial score (nSPS) is 14.1. The predicted molar refractivity (Wildman–Crippen MR) is 112 cm³/mol. The number of piperidine rings is 1. The predicted octanol–water partition coefficient (Wildman–Crippen LogP) is 5.69. The number of hydrogen-bond acceptors (Lipinski definition) is 4. The lowest BCUT2D eigenvalue weighted by molar-refractivity contribution is 0.102. The molecule has 0 radical (unpaired) electrons. The van der Waals surface area contributed by atoms with Crippen molar-refractivity contribution in [2.24, 2.45) is 0 Å². The van der Waals surface area contributed by atoms with Gasteiger partial charge in [-0.1, -0.05) is 22.8 Å². The van der Waals surface area contributed by atoms with Gasteiger partial charge in [0.05, 0.1) is 10.6 Å². The molecule has 0 atom stereocenters. The Morgan fingerprint density at radius 1 is 1.14 bits per heavy atom. The molecule has 4 rings (SSSR count). The number of carbonyl (C=O) groups excluding carboxylic acids is 1. The summed E-state index contributed by atoms with van der Waals surface area (Å²) in [5.41, 5.74) is 2.09. The SMILES string of the molecule is Cc1onc(-c2c(F)cccc2Cl)c1C(=O)Nc1ccc(N2CCCCC2)cc1. The Morgan fingerprint density at radius 3 is 2.55 bits per heavy atom. The number of benzene rings is 2. The minimum atomic E-state index is -0.564. The number of carbonyl (C=O) groups is 1. The van der Waals surface area contributed by atoms with Crippen LogP contribution in [0.25, 0.3) is 11.3 Å². The van der Waals surface area contributed by atoms with Crippen LogP contribution in [-0.4, -0.2) is 24.2 Å². The molecule has 0 bridgehead atoms. The summed E-state index contributed by atoms with van der Waals surface area (Å²) in [7, 11) is 0. The van der Waals surface area contributed by atoms with Gasteiger partial charge in [0.1, 0.15) is 22.8 Å². The average molecular weight is 414 g/mol. The van der Waals surface area contributed by atoms with Crippen molar-refractivity contribution in [2.45, 2.75) is 26.2 Å². The van der Waals surface area contributed by atoms with Gasteiger partial charge in [-0.25, -0.2) is 4.39 Å². The molecule has 2 heterocycles. The van der Waals surface area contributed by atoms with Crippen LogP contribution >= 0.6 is 11.6 Å². The molecule has 1 N–H and O–H groups in total. The lowest BCUT2D eigenvalue weighted by atomic mass is 10.0. The molecule has 2 aromatic carbocycles. The van der Waals surface area contributed by atoms with Gasteiger partial charge in [-0.2, -0.15) is 0 Å². The second-order valence-electron chi connectivity index (χ2n) is 7.11. The van der Waals surface area contributed by atoms with E-state index in [1.807, 2.05) is 24.3 Å². The molecule has 5 nitrogen and oxygen atoms in total. The highest BCUT2D eigenvalue weighted by molar-refractivity contribution is 6.33. The van der Waals surface area contributed by atoms with Crippen molar-refractivity contribution >= 4 is 28.9 Å². The van der Waals surface area contributed by atoms with Crippen LogP contribution in [0.5, 0.6) is 0 Å². The van der Waals surface area contributed by atoms with Crippen LogP contribution < -0.4 is 10.2 Å². The molecule has 0 aliphatic carbocycles. The first kappa shape index (κ1) is 19.5. The summed E-state index contributed by atoms with van der Waals surface area (Å²) in [6.45, 7) is 3.72. The van der Waals surface area contributed by atoms with Crippen molar-refractivity contribution in [1.82, 2.24) is 5.16 Å². The molecular weight excluding hydrogens is 393 g/mol. The third-order valence-electron chi connectivity index (χ3n) is 5.14. The van der Waals surface area contributed by atoms with Gasteiger partial charge in [-0.3, -0.25) is 4.79 Å². The van der Waals surface area contributed by atoms with E-state index in [4.69, 9.17) is 16.1 Å². The van der Waals surface area contributed by atoms with Gasteiger partial charge in [0, 0.05) is 24.5 Å². The number of anilines is 2. The summed E-state index contributed by atoms with van der Waals surface area (Å²) in [6.07, 6.45) is 3.68. The summed E-state index contributed by atoms with van der Waals surface area (Å²) in [5.74, 6) is -0.698. The molecule has 0 spiro atoms. The monoisotopic (exact) mass is 413 g/mol. The zero-order chi connectivity index (χ0) is 20.4. The Hall–Kier alpha value is -2.86. The molecule has 1 fully saturated rings. The largest absolute Gasteiger partial charge is 0.372 e. The Bertz CT molecular complexity index is 1010. The number of rotatable bonds is 4. The van der Waals surface area contributed by atoms with Crippen molar-refractivity contribution in [3.8, 4) is 11.3 Å². The molecule has 150 valence electrons. The molecule has 29 heavy (non-hydrogen) atoms. The smallest absolute Gasteiger partial charge is 0.261 e. The Morgan fingerprint density at radius 2 is 1.86 bits per heavy atom. The molecule has 1 aliphatic rings. The standard InChI is InChI=1S/C22H21ClFN3O2/c1-14-19(21(26-29-14)20-17(23)6-5-7-18(20)24)22(28)25-15-8-10-16(11-9-15)27-12-3-2-4-13-27/h5-11H,2-4,12-13H2,1H3,(H,25,28). The molecule has 1 amide bonds. The molecule has 0 unspecified atom stereocenters. The third-order valence-corrected chi connectivity index (χ3v) is 5.45. The summed E-state index contributed by atoms with van der Waals surface area (Å²) in [4.78, 5) is 15.3. The molecular formula is C22H21ClFN3O2. The maximum Gasteiger partial charge on any atom is 0.261 e. The maximum atomic E-state index is 14.3. The fourth-order valence-electron chi connectivity index (χ4n) is 3.64. The Labute approximate surface area is 173 Å². The van der Waals surface area contributed by atoms with Crippen molar-refractivity contribution in [2.75, 3.05) is 23.3 Å². The van der Waals surface area contributed by atoms with Crippen LogP contribution in [0.1, 0.15) is 35.4 Å². The minimum absolute atomic E-state index is 0.0524. The first-order valence-corrected chi connectivity index (χ1v) is 9.99. The van der Waals surface area contributed by atoms with Gasteiger partial charge < -0.3 is 14.7 Å². The molecule has 1 saturated heterocycles. The number of nitrogens with zero attached hydrogens (tertiary/aromatic N) is 2. The van der Waals surface area contributed by atoms with E-state index < -0.39 is 11.7 Å². The summed E-state index contributed by atoms with van der Waals surface area (Å²) >= 11 is 6.14. The van der Waals surface area contributed by atoms with Gasteiger partial charge in [0.15, 0.2) is 0 Å². The highest BCUT2D eigenvalue weighted by Gasteiger charge is 2.25. The van der Waals surface area contributed by atoms with Gasteiger partial charge in [-0.05, 0) is 62.6 Å². The quantitative estimate of drug-likeness (QED) is 0.597. The molecule has 7 heteroatoms. The van der Waals surface area contributed by atoms with E-state index >= 15 is 0 Å². The molecule has 1 aromatic heterocycles. The van der Waals surface area contributed by atoms with Crippen molar-refractivity contribution in [1.29, 1.82) is 0 Å². The zero-order valence-electron chi connectivity index (χ0n) is 16.0. The Kier molecular flexibility index (Phi) is 5.53. The maximum absolute atomic E-state index is 14.3. The van der Waals surface area contributed by atoms with Gasteiger partial charge in [0.25, 0.3) is 5.91 Å². The van der Waals surface area contributed by atoms with Crippen LogP contribution in [0.15, 0.2) is 47.0 Å². The van der Waals surface area contributed by atoms with E-state index in [2.05, 4.69) is 15.4 Å². The second-order valence-corrected chi connectivity index (χ2v) is 7.51. The van der Waals surface area contributed by atoms with Crippen LogP contribution in [0.2, 0.25) is 5.02 Å². The zero-order valence-corrected chi connectivity index (χ0v) is 16.8. The lowest BCUT2D eigenvalue weighted by Gasteiger charge is -2.28. The van der Waals surface area contributed by atoms with Crippen molar-refractivity contribution < 1.29 is 13.7 Å². The van der Waals surface area contributed by atoms with Gasteiger partial charge in [0.2, 0.25) is 0 Å². The first-order valence-electron chi connectivity index (χ1n) is 9.61. The number of hydrogen-bond donors (Lipinski definition) is 1. The van der Waals surface area contributed by atoms with Gasteiger partial charge >= 0.3 is 0 Å². The fraction of sp³-hybridized carbons (Fsp3) is 0.273. The van der Waals surface area contributed by atoms with E-state index in [9.17, 15) is 9.18 Å². The molecule has 3 aromatic rings. The minimum Gasteiger partial charge on any atom is -0.372 e. The van der Waals surface area contributed by atoms with Crippen LogP contribution in [0.4, 0.5) is 15.8 Å². The first-order chi connectivity index (χ1) is 14.0. The molecule has 1 aliphatic heterocycles. The van der Waals surface area contributed by atoms with Crippen LogP contribution in [0.3, 0.4) is 0 Å². The van der Waals surface area contributed by atoms with E-state index in [0.717, 1.165) is 18.8 Å². The fourth-order valence-corrected chi connectivity index (χ4v) is 3.89. The molecule has 0 saturated carbocycles. The topological polar surface area (TPSA) is 58.4 Å². The summed E-state index contributed by atoms with van der Waals surface area (Å²) in [6, 6.07) is 12.0. The number of amides is 1. The van der Waals surface area contributed by atoms with E-state index in [0.29, 0.717) is 11.4 Å². The number of nitrogens with one attached hydrogen (secondary N) is 1. The number of aryl methyl sites for hydroxylation is 1. The van der Waals surface area contributed by atoms with Gasteiger partial charge in [-0.15, -0.1) is 0 Å². The van der Waals surface area contributed by atoms with Crippen LogP contribution in [0, 0.1) is 12.7 Å². The Balaban J connectivity index is 1.57. The average Bonchev–Trinajstić information content (AvgIpc) is 3.10. The third kappa shape index (κ3) is 3.98. The second kappa shape index (κ2) is 8.25. The van der Waals surface area contributed by atoms with Crippen LogP contribution in [-0.2, 0) is 0 Å². The van der Waals surface area contributed by atoms with E-state index in [-0.39, 0.29) is 21.8 Å². The summed E-state index contributed by atoms with van der Waals surface area (Å²) < 4.78 is 19.5. The lowest BCUT2D eigenvalue weighted by Crippen LogP contribution is -2.29. The number of halogens is 2. The van der Waals surface area contributed by atoms with E-state index in [1.54, 1.807) is 13.0 Å². The number of aromatic nitrogens is 1. The van der Waals surface area contributed by atoms with Crippen molar-refractivity contribution in [3.05, 3.63) is 64.6 Å². The summed E-state index contributed by atoms with van der Waals surface area (Å²) in [5, 5.41) is 6.89. The highest BCUT2D eigenvalue weighted by atomic mass is 35.5. The van der Waals surface area contributed by atoms with E-state index in [1.165, 1.54) is 31.4 Å². The highest BCUT2D eigenvalue weighted by Crippen LogP contribution is 2.34.